The number of benzene rings is 3. The SMILES string of the molecule is COc1cccc2c(=O)oc(-c3ccc4ccccc4c3)nc12. The maximum absolute atomic E-state index is 12.2. The summed E-state index contributed by atoms with van der Waals surface area (Å²) >= 11 is 0. The van der Waals surface area contributed by atoms with Gasteiger partial charge in [-0.1, -0.05) is 36.4 Å². The fourth-order valence-corrected chi connectivity index (χ4v) is 2.68. The van der Waals surface area contributed by atoms with Gasteiger partial charge in [0.25, 0.3) is 0 Å². The van der Waals surface area contributed by atoms with E-state index < -0.39 is 5.63 Å². The summed E-state index contributed by atoms with van der Waals surface area (Å²) in [5.74, 6) is 0.843. The summed E-state index contributed by atoms with van der Waals surface area (Å²) in [5, 5.41) is 2.60. The Morgan fingerprint density at radius 1 is 0.957 bits per heavy atom. The molecular weight excluding hydrogens is 290 g/mol. The zero-order valence-electron chi connectivity index (χ0n) is 12.4. The van der Waals surface area contributed by atoms with Gasteiger partial charge in [-0.3, -0.25) is 0 Å². The molecule has 0 unspecified atom stereocenters. The van der Waals surface area contributed by atoms with Crippen LogP contribution in [0.5, 0.6) is 5.75 Å². The second kappa shape index (κ2) is 5.25. The summed E-state index contributed by atoms with van der Waals surface area (Å²) in [6.45, 7) is 0. The van der Waals surface area contributed by atoms with Crippen molar-refractivity contribution in [2.24, 2.45) is 0 Å². The average molecular weight is 303 g/mol. The molecule has 0 aliphatic carbocycles. The predicted octanol–water partition coefficient (Wildman–Crippen LogP) is 4.02. The third-order valence-electron chi connectivity index (χ3n) is 3.84. The van der Waals surface area contributed by atoms with Gasteiger partial charge in [-0.05, 0) is 35.0 Å². The van der Waals surface area contributed by atoms with Crippen LogP contribution in [-0.4, -0.2) is 12.1 Å². The van der Waals surface area contributed by atoms with Crippen molar-refractivity contribution >= 4 is 21.7 Å². The van der Waals surface area contributed by atoms with Crippen LogP contribution < -0.4 is 10.4 Å². The number of rotatable bonds is 2. The molecule has 112 valence electrons. The average Bonchev–Trinajstić information content (AvgIpc) is 2.60. The molecule has 0 fully saturated rings. The van der Waals surface area contributed by atoms with E-state index in [1.54, 1.807) is 25.3 Å². The molecule has 4 aromatic rings. The maximum atomic E-state index is 12.2. The van der Waals surface area contributed by atoms with E-state index in [0.29, 0.717) is 16.7 Å². The Bertz CT molecular complexity index is 1080. The van der Waals surface area contributed by atoms with E-state index in [4.69, 9.17) is 9.15 Å². The summed E-state index contributed by atoms with van der Waals surface area (Å²) in [7, 11) is 1.56. The number of nitrogens with zero attached hydrogens (tertiary/aromatic N) is 1. The minimum Gasteiger partial charge on any atom is -0.494 e. The highest BCUT2D eigenvalue weighted by Gasteiger charge is 2.12. The molecule has 1 heterocycles. The highest BCUT2D eigenvalue weighted by atomic mass is 16.5. The second-order valence-electron chi connectivity index (χ2n) is 5.22. The van der Waals surface area contributed by atoms with Crippen LogP contribution >= 0.6 is 0 Å². The monoisotopic (exact) mass is 303 g/mol. The first kappa shape index (κ1) is 13.5. The van der Waals surface area contributed by atoms with Crippen molar-refractivity contribution in [3.05, 3.63) is 71.1 Å². The van der Waals surface area contributed by atoms with Gasteiger partial charge in [0.1, 0.15) is 11.3 Å². The minimum atomic E-state index is -0.419. The quantitative estimate of drug-likeness (QED) is 0.561. The molecule has 0 saturated heterocycles. The molecule has 3 aromatic carbocycles. The zero-order valence-corrected chi connectivity index (χ0v) is 12.4. The molecule has 23 heavy (non-hydrogen) atoms. The van der Waals surface area contributed by atoms with E-state index in [0.717, 1.165) is 16.3 Å². The minimum absolute atomic E-state index is 0.290. The lowest BCUT2D eigenvalue weighted by atomic mass is 10.1. The van der Waals surface area contributed by atoms with Crippen LogP contribution in [0.4, 0.5) is 0 Å². The lowest BCUT2D eigenvalue weighted by molar-refractivity contribution is 0.417. The number of hydrogen-bond donors (Lipinski definition) is 0. The molecule has 0 atom stereocenters. The van der Waals surface area contributed by atoms with Gasteiger partial charge in [0.2, 0.25) is 5.89 Å². The van der Waals surface area contributed by atoms with Crippen molar-refractivity contribution in [1.82, 2.24) is 4.98 Å². The van der Waals surface area contributed by atoms with Gasteiger partial charge in [0.15, 0.2) is 0 Å². The van der Waals surface area contributed by atoms with Crippen LogP contribution in [0, 0.1) is 0 Å². The first-order valence-corrected chi connectivity index (χ1v) is 7.23. The predicted molar refractivity (Wildman–Crippen MR) is 89.8 cm³/mol. The number of methoxy groups -OCH3 is 1. The molecule has 0 spiro atoms. The van der Waals surface area contributed by atoms with Crippen molar-refractivity contribution in [3.63, 3.8) is 0 Å². The maximum Gasteiger partial charge on any atom is 0.347 e. The first-order valence-electron chi connectivity index (χ1n) is 7.23. The highest BCUT2D eigenvalue weighted by molar-refractivity contribution is 5.88. The summed E-state index contributed by atoms with van der Waals surface area (Å²) < 4.78 is 10.7. The fraction of sp³-hybridized carbons (Fsp3) is 0.0526. The van der Waals surface area contributed by atoms with E-state index in [1.165, 1.54) is 0 Å². The molecule has 0 radical (unpaired) electrons. The lowest BCUT2D eigenvalue weighted by Crippen LogP contribution is -2.04. The Morgan fingerprint density at radius 2 is 1.78 bits per heavy atom. The number of aromatic nitrogens is 1. The van der Waals surface area contributed by atoms with Gasteiger partial charge in [-0.25, -0.2) is 9.78 Å². The summed E-state index contributed by atoms with van der Waals surface area (Å²) in [4.78, 5) is 16.7. The van der Waals surface area contributed by atoms with E-state index >= 15 is 0 Å². The van der Waals surface area contributed by atoms with Crippen LogP contribution in [-0.2, 0) is 0 Å². The van der Waals surface area contributed by atoms with Gasteiger partial charge >= 0.3 is 5.63 Å². The van der Waals surface area contributed by atoms with Crippen LogP contribution in [0.2, 0.25) is 0 Å². The van der Waals surface area contributed by atoms with Crippen LogP contribution in [0.3, 0.4) is 0 Å². The van der Waals surface area contributed by atoms with Gasteiger partial charge in [0, 0.05) is 5.56 Å². The van der Waals surface area contributed by atoms with Crippen molar-refractivity contribution in [2.75, 3.05) is 7.11 Å². The molecular formula is C19H13NO3. The largest absolute Gasteiger partial charge is 0.494 e. The zero-order chi connectivity index (χ0) is 15.8. The molecule has 0 N–H and O–H groups in total. The van der Waals surface area contributed by atoms with Gasteiger partial charge in [0.05, 0.1) is 12.5 Å². The van der Waals surface area contributed by atoms with E-state index in [9.17, 15) is 4.79 Å². The van der Waals surface area contributed by atoms with Crippen LogP contribution in [0.25, 0.3) is 33.1 Å². The smallest absolute Gasteiger partial charge is 0.347 e. The third-order valence-corrected chi connectivity index (χ3v) is 3.84. The topological polar surface area (TPSA) is 52.3 Å². The number of ether oxygens (including phenoxy) is 1. The second-order valence-corrected chi connectivity index (χ2v) is 5.22. The summed E-state index contributed by atoms with van der Waals surface area (Å²) in [6.07, 6.45) is 0. The fourth-order valence-electron chi connectivity index (χ4n) is 2.68. The van der Waals surface area contributed by atoms with E-state index in [2.05, 4.69) is 4.98 Å². The molecule has 0 aliphatic rings. The molecule has 0 saturated carbocycles. The molecule has 0 bridgehead atoms. The van der Waals surface area contributed by atoms with Gasteiger partial charge in [-0.15, -0.1) is 0 Å². The number of hydrogen-bond acceptors (Lipinski definition) is 4. The first-order chi connectivity index (χ1) is 11.3. The Kier molecular flexibility index (Phi) is 3.08. The molecule has 1 aromatic heterocycles. The highest BCUT2D eigenvalue weighted by Crippen LogP contribution is 2.26. The molecule has 0 aliphatic heterocycles. The van der Waals surface area contributed by atoms with Crippen LogP contribution in [0.1, 0.15) is 0 Å². The summed E-state index contributed by atoms with van der Waals surface area (Å²) in [6, 6.07) is 19.1. The number of fused-ring (bicyclic) bond motifs is 2. The van der Waals surface area contributed by atoms with E-state index in [-0.39, 0.29) is 5.89 Å². The standard InChI is InChI=1S/C19H13NO3/c1-22-16-8-4-7-15-17(16)20-18(23-19(15)21)14-10-9-12-5-2-3-6-13(12)11-14/h2-11H,1H3. The Morgan fingerprint density at radius 3 is 2.61 bits per heavy atom. The normalized spacial score (nSPS) is 11.0. The van der Waals surface area contributed by atoms with Gasteiger partial charge in [-0.2, -0.15) is 0 Å². The van der Waals surface area contributed by atoms with Crippen molar-refractivity contribution in [3.8, 4) is 17.2 Å². The van der Waals surface area contributed by atoms with E-state index in [1.807, 2.05) is 42.5 Å². The van der Waals surface area contributed by atoms with Crippen molar-refractivity contribution in [2.45, 2.75) is 0 Å². The molecule has 4 heteroatoms. The number of para-hydroxylation sites is 1. The van der Waals surface area contributed by atoms with Crippen molar-refractivity contribution < 1.29 is 9.15 Å². The Labute approximate surface area is 132 Å². The third kappa shape index (κ3) is 2.25. The molecule has 0 amide bonds. The Hall–Kier alpha value is -3.14. The van der Waals surface area contributed by atoms with Crippen LogP contribution in [0.15, 0.2) is 69.9 Å². The van der Waals surface area contributed by atoms with Gasteiger partial charge < -0.3 is 9.15 Å². The summed E-state index contributed by atoms with van der Waals surface area (Å²) in [5.41, 5.74) is 0.847. The molecule has 4 rings (SSSR count). The lowest BCUT2D eigenvalue weighted by Gasteiger charge is -2.06. The van der Waals surface area contributed by atoms with Crippen molar-refractivity contribution in [1.29, 1.82) is 0 Å². The Balaban J connectivity index is 1.98. The molecule has 4 nitrogen and oxygen atoms in total.